The van der Waals surface area contributed by atoms with Gasteiger partial charge in [0.2, 0.25) is 0 Å². The zero-order valence-electron chi connectivity index (χ0n) is 14.7. The van der Waals surface area contributed by atoms with Crippen molar-refractivity contribution in [1.82, 2.24) is 30.0 Å². The van der Waals surface area contributed by atoms with Gasteiger partial charge in [-0.3, -0.25) is 10.00 Å². The van der Waals surface area contributed by atoms with Gasteiger partial charge in [-0.15, -0.1) is 0 Å². The number of aromatic amines is 1. The second-order valence-corrected chi connectivity index (χ2v) is 6.76. The third-order valence-electron chi connectivity index (χ3n) is 4.70. The number of pyridine rings is 1. The summed E-state index contributed by atoms with van der Waals surface area (Å²) in [5.41, 5.74) is 2.25. The molecule has 7 nitrogen and oxygen atoms in total. The molecule has 1 aliphatic heterocycles. The van der Waals surface area contributed by atoms with Crippen LogP contribution in [0, 0.1) is 5.92 Å². The SMILES string of the molecule is c1ccc(Nc2cc(CC3CCCN(Cc4ccn[nH]4)C3)ncn2)nc1. The molecule has 0 spiro atoms. The maximum Gasteiger partial charge on any atom is 0.135 e. The number of piperidine rings is 1. The van der Waals surface area contributed by atoms with Gasteiger partial charge in [0.05, 0.1) is 0 Å². The molecule has 1 saturated heterocycles. The number of likely N-dealkylation sites (tertiary alicyclic amines) is 1. The Kier molecular flexibility index (Phi) is 5.16. The van der Waals surface area contributed by atoms with Crippen molar-refractivity contribution in [3.05, 3.63) is 60.4 Å². The third-order valence-corrected chi connectivity index (χ3v) is 4.70. The first kappa shape index (κ1) is 16.7. The van der Waals surface area contributed by atoms with E-state index in [-0.39, 0.29) is 0 Å². The first-order valence-electron chi connectivity index (χ1n) is 9.05. The highest BCUT2D eigenvalue weighted by Crippen LogP contribution is 2.22. The Morgan fingerprint density at radius 3 is 2.96 bits per heavy atom. The fourth-order valence-electron chi connectivity index (χ4n) is 3.52. The Labute approximate surface area is 152 Å². The maximum atomic E-state index is 4.47. The quantitative estimate of drug-likeness (QED) is 0.712. The van der Waals surface area contributed by atoms with Crippen molar-refractivity contribution in [1.29, 1.82) is 0 Å². The minimum atomic E-state index is 0.615. The molecule has 7 heteroatoms. The van der Waals surface area contributed by atoms with Crippen molar-refractivity contribution in [2.75, 3.05) is 18.4 Å². The predicted molar refractivity (Wildman–Crippen MR) is 99.8 cm³/mol. The topological polar surface area (TPSA) is 82.6 Å². The molecule has 3 aromatic heterocycles. The number of hydrogen-bond donors (Lipinski definition) is 2. The van der Waals surface area contributed by atoms with Crippen molar-refractivity contribution in [2.24, 2.45) is 5.92 Å². The third kappa shape index (κ3) is 4.43. The summed E-state index contributed by atoms with van der Waals surface area (Å²) in [5, 5.41) is 10.3. The van der Waals surface area contributed by atoms with Gasteiger partial charge in [0, 0.05) is 42.9 Å². The molecule has 0 saturated carbocycles. The Balaban J connectivity index is 1.36. The molecule has 1 atom stereocenters. The molecule has 1 unspecified atom stereocenters. The Hall–Kier alpha value is -2.80. The van der Waals surface area contributed by atoms with Crippen LogP contribution in [0.25, 0.3) is 0 Å². The van der Waals surface area contributed by atoms with E-state index in [2.05, 4.69) is 35.4 Å². The first-order valence-corrected chi connectivity index (χ1v) is 9.05. The van der Waals surface area contributed by atoms with Crippen LogP contribution in [0.15, 0.2) is 49.1 Å². The molecular formula is C19H23N7. The van der Waals surface area contributed by atoms with Gasteiger partial charge in [0.1, 0.15) is 18.0 Å². The van der Waals surface area contributed by atoms with E-state index >= 15 is 0 Å². The van der Waals surface area contributed by atoms with Crippen molar-refractivity contribution in [3.8, 4) is 0 Å². The normalized spacial score (nSPS) is 17.9. The molecule has 3 aromatic rings. The van der Waals surface area contributed by atoms with Crippen LogP contribution in [0.1, 0.15) is 24.2 Å². The Bertz CT molecular complexity index is 804. The summed E-state index contributed by atoms with van der Waals surface area (Å²) in [5.74, 6) is 2.20. The Morgan fingerprint density at radius 1 is 1.12 bits per heavy atom. The molecular weight excluding hydrogens is 326 g/mol. The zero-order valence-corrected chi connectivity index (χ0v) is 14.7. The standard InChI is InChI=1S/C19H23N7/c1-2-7-20-18(5-1)24-19-11-17(21-14-22-19)10-15-4-3-9-26(12-15)13-16-6-8-23-25-16/h1-2,5-8,11,14-15H,3-4,9-10,12-13H2,(H,23,25)(H,20,21,22,24). The van der Waals surface area contributed by atoms with Gasteiger partial charge in [-0.1, -0.05) is 6.07 Å². The van der Waals surface area contributed by atoms with Crippen LogP contribution >= 0.6 is 0 Å². The van der Waals surface area contributed by atoms with Crippen molar-refractivity contribution < 1.29 is 0 Å². The predicted octanol–water partition coefficient (Wildman–Crippen LogP) is 2.79. The minimum absolute atomic E-state index is 0.615. The van der Waals surface area contributed by atoms with Crippen molar-refractivity contribution in [3.63, 3.8) is 0 Å². The van der Waals surface area contributed by atoms with Gasteiger partial charge >= 0.3 is 0 Å². The smallest absolute Gasteiger partial charge is 0.135 e. The molecule has 134 valence electrons. The monoisotopic (exact) mass is 349 g/mol. The average Bonchev–Trinajstić information content (AvgIpc) is 3.16. The molecule has 1 fully saturated rings. The second kappa shape index (κ2) is 8.05. The van der Waals surface area contributed by atoms with Gasteiger partial charge in [-0.05, 0) is 49.9 Å². The number of hydrogen-bond acceptors (Lipinski definition) is 6. The van der Waals surface area contributed by atoms with Crippen molar-refractivity contribution in [2.45, 2.75) is 25.8 Å². The van der Waals surface area contributed by atoms with Crippen LogP contribution in [0.4, 0.5) is 11.6 Å². The number of aromatic nitrogens is 5. The van der Waals surface area contributed by atoms with Crippen LogP contribution in [0.2, 0.25) is 0 Å². The molecule has 26 heavy (non-hydrogen) atoms. The first-order chi connectivity index (χ1) is 12.8. The van der Waals surface area contributed by atoms with E-state index in [4.69, 9.17) is 0 Å². The van der Waals surface area contributed by atoms with Crippen LogP contribution < -0.4 is 5.32 Å². The molecule has 0 bridgehead atoms. The van der Waals surface area contributed by atoms with Gasteiger partial charge < -0.3 is 5.32 Å². The fourth-order valence-corrected chi connectivity index (χ4v) is 3.52. The van der Waals surface area contributed by atoms with E-state index < -0.39 is 0 Å². The number of H-pyrrole nitrogens is 1. The van der Waals surface area contributed by atoms with E-state index in [1.54, 1.807) is 12.5 Å². The highest BCUT2D eigenvalue weighted by Gasteiger charge is 2.21. The molecule has 4 heterocycles. The summed E-state index contributed by atoms with van der Waals surface area (Å²) in [6, 6.07) is 9.85. The summed E-state index contributed by atoms with van der Waals surface area (Å²) in [7, 11) is 0. The van der Waals surface area contributed by atoms with Gasteiger partial charge in [0.15, 0.2) is 0 Å². The molecule has 0 radical (unpaired) electrons. The molecule has 4 rings (SSSR count). The van der Waals surface area contributed by atoms with Gasteiger partial charge in [0.25, 0.3) is 0 Å². The van der Waals surface area contributed by atoms with E-state index in [1.807, 2.05) is 36.5 Å². The largest absolute Gasteiger partial charge is 0.325 e. The number of rotatable bonds is 6. The lowest BCUT2D eigenvalue weighted by atomic mass is 9.93. The maximum absolute atomic E-state index is 4.47. The lowest BCUT2D eigenvalue weighted by molar-refractivity contribution is 0.164. The van der Waals surface area contributed by atoms with Gasteiger partial charge in [-0.25, -0.2) is 15.0 Å². The zero-order chi connectivity index (χ0) is 17.6. The number of nitrogens with one attached hydrogen (secondary N) is 2. The lowest BCUT2D eigenvalue weighted by Gasteiger charge is -2.32. The fraction of sp³-hybridized carbons (Fsp3) is 0.368. The van der Waals surface area contributed by atoms with E-state index in [1.165, 1.54) is 18.5 Å². The summed E-state index contributed by atoms with van der Waals surface area (Å²) in [6.45, 7) is 3.17. The second-order valence-electron chi connectivity index (χ2n) is 6.76. The summed E-state index contributed by atoms with van der Waals surface area (Å²) in [4.78, 5) is 15.6. The summed E-state index contributed by atoms with van der Waals surface area (Å²) in [6.07, 6.45) is 8.65. The van der Waals surface area contributed by atoms with Crippen LogP contribution in [0.5, 0.6) is 0 Å². The summed E-state index contributed by atoms with van der Waals surface area (Å²) < 4.78 is 0. The highest BCUT2D eigenvalue weighted by molar-refractivity contribution is 5.50. The van der Waals surface area contributed by atoms with Crippen LogP contribution in [0.3, 0.4) is 0 Å². The molecule has 0 aromatic carbocycles. The van der Waals surface area contributed by atoms with Gasteiger partial charge in [-0.2, -0.15) is 5.10 Å². The Morgan fingerprint density at radius 2 is 2.12 bits per heavy atom. The van der Waals surface area contributed by atoms with Crippen LogP contribution in [-0.2, 0) is 13.0 Å². The minimum Gasteiger partial charge on any atom is -0.325 e. The summed E-state index contributed by atoms with van der Waals surface area (Å²) >= 11 is 0. The molecule has 0 aliphatic carbocycles. The lowest BCUT2D eigenvalue weighted by Crippen LogP contribution is -2.35. The van der Waals surface area contributed by atoms with E-state index in [0.29, 0.717) is 5.92 Å². The molecule has 0 amide bonds. The number of anilines is 2. The van der Waals surface area contributed by atoms with E-state index in [9.17, 15) is 0 Å². The highest BCUT2D eigenvalue weighted by atomic mass is 15.2. The van der Waals surface area contributed by atoms with Crippen molar-refractivity contribution >= 4 is 11.6 Å². The molecule has 2 N–H and O–H groups in total. The average molecular weight is 349 g/mol. The number of nitrogens with zero attached hydrogens (tertiary/aromatic N) is 5. The molecule has 1 aliphatic rings. The van der Waals surface area contributed by atoms with Crippen LogP contribution in [-0.4, -0.2) is 43.1 Å². The van der Waals surface area contributed by atoms with E-state index in [0.717, 1.165) is 43.4 Å².